The third-order valence-corrected chi connectivity index (χ3v) is 3.14. The Bertz CT molecular complexity index is 510. The van der Waals surface area contributed by atoms with Crippen molar-refractivity contribution in [3.05, 3.63) is 33.8 Å². The maximum atomic E-state index is 5.73. The van der Waals surface area contributed by atoms with E-state index in [-0.39, 0.29) is 5.82 Å². The van der Waals surface area contributed by atoms with Crippen molar-refractivity contribution in [1.29, 1.82) is 0 Å². The Morgan fingerprint density at radius 3 is 2.40 bits per heavy atom. The molecule has 2 rings (SSSR count). The van der Waals surface area contributed by atoms with Gasteiger partial charge in [0.05, 0.1) is 5.52 Å². The molecule has 0 saturated heterocycles. The van der Waals surface area contributed by atoms with Gasteiger partial charge in [-0.05, 0) is 28.7 Å². The smallest absolute Gasteiger partial charge is 0.228 e. The second kappa shape index (κ2) is 4.20. The number of halogens is 4. The first kappa shape index (κ1) is 11.6. The summed E-state index contributed by atoms with van der Waals surface area (Å²) in [6.07, 6.45) is 0. The van der Waals surface area contributed by atoms with Crippen molar-refractivity contribution in [2.24, 2.45) is 0 Å². The lowest BCUT2D eigenvalue weighted by Crippen LogP contribution is -2.08. The van der Waals surface area contributed by atoms with Gasteiger partial charge in [0.2, 0.25) is 3.79 Å². The summed E-state index contributed by atoms with van der Waals surface area (Å²) in [5.41, 5.74) is 0.776. The average Bonchev–Trinajstić information content (AvgIpc) is 2.16. The second-order valence-electron chi connectivity index (χ2n) is 2.85. The molecule has 2 aromatic rings. The van der Waals surface area contributed by atoms with E-state index >= 15 is 0 Å². The number of fused-ring (bicyclic) bond motifs is 1. The highest BCUT2D eigenvalue weighted by molar-refractivity contribution is 14.1. The molecule has 1 aromatic heterocycles. The fourth-order valence-electron chi connectivity index (χ4n) is 1.16. The summed E-state index contributed by atoms with van der Waals surface area (Å²) >= 11 is 19.3. The van der Waals surface area contributed by atoms with Crippen molar-refractivity contribution in [1.82, 2.24) is 9.97 Å². The molecule has 6 heteroatoms. The Labute approximate surface area is 115 Å². The Hall–Kier alpha value is 0.160. The predicted octanol–water partition coefficient (Wildman–Crippen LogP) is 4.06. The molecule has 1 heterocycles. The average molecular weight is 373 g/mol. The summed E-state index contributed by atoms with van der Waals surface area (Å²) in [4.78, 5) is 8.35. The van der Waals surface area contributed by atoms with Crippen LogP contribution in [0.25, 0.3) is 10.9 Å². The molecule has 0 aliphatic heterocycles. The van der Waals surface area contributed by atoms with Gasteiger partial charge in [-0.2, -0.15) is 0 Å². The van der Waals surface area contributed by atoms with Crippen molar-refractivity contribution in [2.45, 2.75) is 3.79 Å². The molecule has 0 radical (unpaired) electrons. The Morgan fingerprint density at radius 1 is 1.07 bits per heavy atom. The van der Waals surface area contributed by atoms with Crippen LogP contribution in [-0.4, -0.2) is 9.97 Å². The fraction of sp³-hybridized carbons (Fsp3) is 0.111. The summed E-state index contributed by atoms with van der Waals surface area (Å²) in [6.45, 7) is 0. The van der Waals surface area contributed by atoms with Crippen LogP contribution >= 0.6 is 57.4 Å². The van der Waals surface area contributed by atoms with Gasteiger partial charge in [-0.3, -0.25) is 0 Å². The fourth-order valence-corrected chi connectivity index (χ4v) is 2.10. The van der Waals surface area contributed by atoms with E-state index in [0.29, 0.717) is 0 Å². The molecule has 1 aromatic carbocycles. The molecule has 0 amide bonds. The molecule has 0 fully saturated rings. The first-order valence-electron chi connectivity index (χ1n) is 3.98. The van der Waals surface area contributed by atoms with Gasteiger partial charge in [-0.15, -0.1) is 0 Å². The van der Waals surface area contributed by atoms with Gasteiger partial charge in [0.1, 0.15) is 3.70 Å². The van der Waals surface area contributed by atoms with Crippen molar-refractivity contribution >= 4 is 68.3 Å². The molecule has 0 N–H and O–H groups in total. The van der Waals surface area contributed by atoms with Crippen molar-refractivity contribution in [3.63, 3.8) is 0 Å². The first-order chi connectivity index (χ1) is 6.98. The van der Waals surface area contributed by atoms with Crippen LogP contribution in [0, 0.1) is 3.70 Å². The van der Waals surface area contributed by atoms with E-state index < -0.39 is 3.79 Å². The van der Waals surface area contributed by atoms with E-state index in [0.717, 1.165) is 14.6 Å². The van der Waals surface area contributed by atoms with E-state index in [2.05, 4.69) is 32.6 Å². The van der Waals surface area contributed by atoms with Crippen LogP contribution in [0.3, 0.4) is 0 Å². The van der Waals surface area contributed by atoms with Crippen LogP contribution in [0.5, 0.6) is 0 Å². The van der Waals surface area contributed by atoms with Gasteiger partial charge in [-0.1, -0.05) is 53.0 Å². The summed E-state index contributed by atoms with van der Waals surface area (Å²) in [7, 11) is 0. The van der Waals surface area contributed by atoms with E-state index in [1.165, 1.54) is 0 Å². The summed E-state index contributed by atoms with van der Waals surface area (Å²) < 4.78 is -0.802. The maximum absolute atomic E-state index is 5.73. The second-order valence-corrected chi connectivity index (χ2v) is 6.16. The Kier molecular flexibility index (Phi) is 3.26. The standard InChI is InChI=1S/C9H4Cl3IN2/c10-9(11,12)8-14-6-4-2-1-3-5(6)7(13)15-8/h1-4H. The minimum absolute atomic E-state index is 0.204. The van der Waals surface area contributed by atoms with Gasteiger partial charge < -0.3 is 0 Å². The zero-order valence-corrected chi connectivity index (χ0v) is 11.6. The molecule has 0 aliphatic rings. The minimum atomic E-state index is -1.58. The number of rotatable bonds is 0. The first-order valence-corrected chi connectivity index (χ1v) is 6.19. The van der Waals surface area contributed by atoms with Gasteiger partial charge in [0.15, 0.2) is 5.82 Å². The molecule has 0 atom stereocenters. The van der Waals surface area contributed by atoms with Crippen LogP contribution in [0.4, 0.5) is 0 Å². The molecular weight excluding hydrogens is 369 g/mol. The number of hydrogen-bond donors (Lipinski definition) is 0. The van der Waals surface area contributed by atoms with E-state index in [1.807, 2.05) is 24.3 Å². The molecule has 0 aliphatic carbocycles. The van der Waals surface area contributed by atoms with E-state index in [9.17, 15) is 0 Å². The van der Waals surface area contributed by atoms with Crippen LogP contribution in [0.15, 0.2) is 24.3 Å². The van der Waals surface area contributed by atoms with Crippen molar-refractivity contribution in [3.8, 4) is 0 Å². The number of para-hydroxylation sites is 1. The van der Waals surface area contributed by atoms with E-state index in [1.54, 1.807) is 0 Å². The molecule has 0 bridgehead atoms. The zero-order valence-electron chi connectivity index (χ0n) is 7.22. The third-order valence-electron chi connectivity index (χ3n) is 1.81. The largest absolute Gasteiger partial charge is 0.250 e. The van der Waals surface area contributed by atoms with Crippen molar-refractivity contribution < 1.29 is 0 Å². The lowest BCUT2D eigenvalue weighted by molar-refractivity contribution is 0.982. The monoisotopic (exact) mass is 372 g/mol. The third kappa shape index (κ3) is 2.46. The molecule has 15 heavy (non-hydrogen) atoms. The van der Waals surface area contributed by atoms with Crippen LogP contribution in [0.2, 0.25) is 0 Å². The quantitative estimate of drug-likeness (QED) is 0.395. The van der Waals surface area contributed by atoms with Crippen LogP contribution in [-0.2, 0) is 3.79 Å². The summed E-state index contributed by atoms with van der Waals surface area (Å²) in [5.74, 6) is 0.204. The highest BCUT2D eigenvalue weighted by Gasteiger charge is 2.27. The van der Waals surface area contributed by atoms with Crippen LogP contribution < -0.4 is 0 Å². The Balaban J connectivity index is 2.73. The maximum Gasteiger partial charge on any atom is 0.250 e. The van der Waals surface area contributed by atoms with Gasteiger partial charge in [0.25, 0.3) is 0 Å². The molecule has 0 spiro atoms. The molecule has 0 saturated carbocycles. The summed E-state index contributed by atoms with van der Waals surface area (Å²) in [6, 6.07) is 7.59. The molecular formula is C9H4Cl3IN2. The number of benzene rings is 1. The van der Waals surface area contributed by atoms with Gasteiger partial charge >= 0.3 is 0 Å². The molecule has 0 unspecified atom stereocenters. The van der Waals surface area contributed by atoms with Crippen molar-refractivity contribution in [2.75, 3.05) is 0 Å². The topological polar surface area (TPSA) is 25.8 Å². The predicted molar refractivity (Wildman–Crippen MR) is 71.5 cm³/mol. The minimum Gasteiger partial charge on any atom is -0.228 e. The normalized spacial score (nSPS) is 12.0. The summed E-state index contributed by atoms with van der Waals surface area (Å²) in [5, 5.41) is 0.955. The number of alkyl halides is 3. The Morgan fingerprint density at radius 2 is 1.73 bits per heavy atom. The lowest BCUT2D eigenvalue weighted by Gasteiger charge is -2.10. The van der Waals surface area contributed by atoms with Crippen LogP contribution in [0.1, 0.15) is 5.82 Å². The molecule has 78 valence electrons. The zero-order chi connectivity index (χ0) is 11.1. The SMILES string of the molecule is ClC(Cl)(Cl)c1nc(I)c2ccccc2n1. The lowest BCUT2D eigenvalue weighted by atomic mass is 10.2. The highest BCUT2D eigenvalue weighted by Crippen LogP contribution is 2.36. The van der Waals surface area contributed by atoms with Gasteiger partial charge in [-0.25, -0.2) is 9.97 Å². The number of hydrogen-bond acceptors (Lipinski definition) is 2. The number of nitrogens with zero attached hydrogens (tertiary/aromatic N) is 2. The van der Waals surface area contributed by atoms with E-state index in [4.69, 9.17) is 34.8 Å². The highest BCUT2D eigenvalue weighted by atomic mass is 127. The molecule has 2 nitrogen and oxygen atoms in total. The van der Waals surface area contributed by atoms with Gasteiger partial charge in [0, 0.05) is 5.39 Å². The number of aromatic nitrogens is 2.